The van der Waals surface area contributed by atoms with E-state index in [1.165, 1.54) is 6.33 Å². The van der Waals surface area contributed by atoms with Crippen LogP contribution in [0.15, 0.2) is 18.7 Å². The van der Waals surface area contributed by atoms with Crippen LogP contribution in [0.1, 0.15) is 18.4 Å². The first-order chi connectivity index (χ1) is 6.27. The van der Waals surface area contributed by atoms with Gasteiger partial charge < -0.3 is 10.8 Å². The zero-order chi connectivity index (χ0) is 9.31. The third-order valence-electron chi connectivity index (χ3n) is 2.82. The fourth-order valence-electron chi connectivity index (χ4n) is 1.94. The number of nitrogens with two attached hydrogens (primary N) is 1. The molecule has 0 saturated heterocycles. The van der Waals surface area contributed by atoms with Gasteiger partial charge in [0.1, 0.15) is 6.33 Å². The summed E-state index contributed by atoms with van der Waals surface area (Å²) in [7, 11) is 0. The second kappa shape index (κ2) is 3.05. The fraction of sp³-hybridized carbons (Fsp3) is 0.556. The first-order valence-electron chi connectivity index (χ1n) is 4.40. The maximum absolute atomic E-state index is 9.28. The van der Waals surface area contributed by atoms with Crippen molar-refractivity contribution in [1.82, 2.24) is 9.97 Å². The van der Waals surface area contributed by atoms with E-state index in [4.69, 9.17) is 5.73 Å². The number of nitrogens with zero attached hydrogens (tertiary/aromatic N) is 2. The number of aliphatic hydroxyl groups excluding tert-OH is 1. The molecule has 70 valence electrons. The van der Waals surface area contributed by atoms with Gasteiger partial charge in [0.05, 0.1) is 6.10 Å². The van der Waals surface area contributed by atoms with Gasteiger partial charge in [0.2, 0.25) is 0 Å². The van der Waals surface area contributed by atoms with Gasteiger partial charge in [0.15, 0.2) is 0 Å². The molecule has 2 rings (SSSR count). The van der Waals surface area contributed by atoms with E-state index < -0.39 is 0 Å². The van der Waals surface area contributed by atoms with Crippen LogP contribution in [0.4, 0.5) is 0 Å². The lowest BCUT2D eigenvalue weighted by Crippen LogP contribution is -2.49. The van der Waals surface area contributed by atoms with Crippen molar-refractivity contribution in [2.75, 3.05) is 6.54 Å². The van der Waals surface area contributed by atoms with E-state index in [2.05, 4.69) is 9.97 Å². The van der Waals surface area contributed by atoms with Crippen molar-refractivity contribution in [1.29, 1.82) is 0 Å². The van der Waals surface area contributed by atoms with E-state index in [1.54, 1.807) is 12.4 Å². The van der Waals surface area contributed by atoms with Gasteiger partial charge in [0.25, 0.3) is 0 Å². The topological polar surface area (TPSA) is 72.0 Å². The molecule has 1 aliphatic carbocycles. The molecule has 0 atom stereocenters. The Morgan fingerprint density at radius 3 is 2.54 bits per heavy atom. The highest BCUT2D eigenvalue weighted by molar-refractivity contribution is 5.24. The van der Waals surface area contributed by atoms with Crippen LogP contribution >= 0.6 is 0 Å². The van der Waals surface area contributed by atoms with Crippen molar-refractivity contribution in [2.45, 2.75) is 24.4 Å². The number of rotatable bonds is 2. The Labute approximate surface area is 76.8 Å². The Morgan fingerprint density at radius 1 is 1.46 bits per heavy atom. The summed E-state index contributed by atoms with van der Waals surface area (Å²) in [4.78, 5) is 7.91. The molecule has 0 radical (unpaired) electrons. The molecule has 1 heterocycles. The van der Waals surface area contributed by atoms with Crippen molar-refractivity contribution in [2.24, 2.45) is 5.73 Å². The highest BCUT2D eigenvalue weighted by Gasteiger charge is 2.44. The van der Waals surface area contributed by atoms with Crippen molar-refractivity contribution < 1.29 is 5.11 Å². The quantitative estimate of drug-likeness (QED) is 0.661. The van der Waals surface area contributed by atoms with Crippen LogP contribution in [0, 0.1) is 0 Å². The standard InChI is InChI=1S/C9H13N3O/c10-5-9(1-8(13)2-9)7-3-11-6-12-4-7/h3-4,6,8,13H,1-2,5,10H2. The Hall–Kier alpha value is -1.00. The normalized spacial score (nSPS) is 32.6. The number of hydrogen-bond donors (Lipinski definition) is 2. The summed E-state index contributed by atoms with van der Waals surface area (Å²) in [5.74, 6) is 0. The third kappa shape index (κ3) is 1.32. The molecule has 1 aliphatic rings. The molecular weight excluding hydrogens is 166 g/mol. The van der Waals surface area contributed by atoms with Crippen molar-refractivity contribution >= 4 is 0 Å². The summed E-state index contributed by atoms with van der Waals surface area (Å²) < 4.78 is 0. The van der Waals surface area contributed by atoms with Crippen molar-refractivity contribution in [3.8, 4) is 0 Å². The molecule has 1 aromatic heterocycles. The molecule has 0 aliphatic heterocycles. The molecule has 1 aromatic rings. The Bertz CT molecular complexity index is 282. The summed E-state index contributed by atoms with van der Waals surface area (Å²) in [5, 5.41) is 9.28. The van der Waals surface area contributed by atoms with Gasteiger partial charge in [-0.2, -0.15) is 0 Å². The molecule has 1 saturated carbocycles. The molecule has 0 amide bonds. The SMILES string of the molecule is NCC1(c2cncnc2)CC(O)C1. The Morgan fingerprint density at radius 2 is 2.08 bits per heavy atom. The highest BCUT2D eigenvalue weighted by Crippen LogP contribution is 2.42. The van der Waals surface area contributed by atoms with E-state index in [9.17, 15) is 5.11 Å². The van der Waals surface area contributed by atoms with E-state index in [-0.39, 0.29) is 11.5 Å². The molecule has 0 bridgehead atoms. The molecular formula is C9H13N3O. The maximum Gasteiger partial charge on any atom is 0.115 e. The monoisotopic (exact) mass is 179 g/mol. The van der Waals surface area contributed by atoms with E-state index in [1.807, 2.05) is 0 Å². The number of hydrogen-bond acceptors (Lipinski definition) is 4. The zero-order valence-electron chi connectivity index (χ0n) is 7.35. The minimum atomic E-state index is -0.205. The molecule has 0 unspecified atom stereocenters. The minimum Gasteiger partial charge on any atom is -0.393 e. The van der Waals surface area contributed by atoms with Crippen molar-refractivity contribution in [3.63, 3.8) is 0 Å². The average Bonchev–Trinajstić information content (AvgIpc) is 2.14. The van der Waals surface area contributed by atoms with Crippen molar-refractivity contribution in [3.05, 3.63) is 24.3 Å². The van der Waals surface area contributed by atoms with Gasteiger partial charge in [-0.25, -0.2) is 9.97 Å². The lowest BCUT2D eigenvalue weighted by atomic mass is 9.63. The fourth-order valence-corrected chi connectivity index (χ4v) is 1.94. The Kier molecular flexibility index (Phi) is 2.01. The summed E-state index contributed by atoms with van der Waals surface area (Å²) >= 11 is 0. The second-order valence-corrected chi connectivity index (χ2v) is 3.67. The van der Waals surface area contributed by atoms with Crippen LogP contribution in [0.2, 0.25) is 0 Å². The van der Waals surface area contributed by atoms with Gasteiger partial charge >= 0.3 is 0 Å². The molecule has 0 aromatic carbocycles. The first kappa shape index (κ1) is 8.59. The maximum atomic E-state index is 9.28. The second-order valence-electron chi connectivity index (χ2n) is 3.67. The van der Waals surface area contributed by atoms with Crippen LogP contribution in [0.25, 0.3) is 0 Å². The third-order valence-corrected chi connectivity index (χ3v) is 2.82. The predicted molar refractivity (Wildman–Crippen MR) is 48.0 cm³/mol. The van der Waals surface area contributed by atoms with Crippen LogP contribution < -0.4 is 5.73 Å². The van der Waals surface area contributed by atoms with Gasteiger partial charge in [-0.1, -0.05) is 0 Å². The molecule has 4 heteroatoms. The average molecular weight is 179 g/mol. The van der Waals surface area contributed by atoms with Crippen LogP contribution in [-0.2, 0) is 5.41 Å². The number of aromatic nitrogens is 2. The van der Waals surface area contributed by atoms with Gasteiger partial charge in [-0.3, -0.25) is 0 Å². The van der Waals surface area contributed by atoms with E-state index in [0.717, 1.165) is 18.4 Å². The molecule has 0 spiro atoms. The zero-order valence-corrected chi connectivity index (χ0v) is 7.35. The number of aliphatic hydroxyl groups is 1. The van der Waals surface area contributed by atoms with Gasteiger partial charge in [-0.15, -0.1) is 0 Å². The lowest BCUT2D eigenvalue weighted by molar-refractivity contribution is 0.0218. The molecule has 3 N–H and O–H groups in total. The largest absolute Gasteiger partial charge is 0.393 e. The first-order valence-corrected chi connectivity index (χ1v) is 4.40. The minimum absolute atomic E-state index is 0.0688. The molecule has 13 heavy (non-hydrogen) atoms. The Balaban J connectivity index is 2.24. The predicted octanol–water partition coefficient (Wildman–Crippen LogP) is -0.172. The highest BCUT2D eigenvalue weighted by atomic mass is 16.3. The smallest absolute Gasteiger partial charge is 0.115 e. The summed E-state index contributed by atoms with van der Waals surface area (Å²) in [6.07, 6.45) is 6.33. The molecule has 4 nitrogen and oxygen atoms in total. The van der Waals surface area contributed by atoms with E-state index >= 15 is 0 Å². The summed E-state index contributed by atoms with van der Waals surface area (Å²) in [6.45, 7) is 0.553. The summed E-state index contributed by atoms with van der Waals surface area (Å²) in [5.41, 5.74) is 6.67. The van der Waals surface area contributed by atoms with Gasteiger partial charge in [-0.05, 0) is 18.4 Å². The lowest BCUT2D eigenvalue weighted by Gasteiger charge is -2.44. The van der Waals surface area contributed by atoms with Gasteiger partial charge in [0, 0.05) is 24.4 Å². The van der Waals surface area contributed by atoms with E-state index in [0.29, 0.717) is 6.54 Å². The van der Waals surface area contributed by atoms with Crippen LogP contribution in [0.5, 0.6) is 0 Å². The molecule has 1 fully saturated rings. The summed E-state index contributed by atoms with van der Waals surface area (Å²) in [6, 6.07) is 0. The van der Waals surface area contributed by atoms with Crippen LogP contribution in [0.3, 0.4) is 0 Å². The van der Waals surface area contributed by atoms with Crippen LogP contribution in [-0.4, -0.2) is 27.7 Å².